The lowest BCUT2D eigenvalue weighted by Crippen LogP contribution is -2.45. The van der Waals surface area contributed by atoms with E-state index in [4.69, 9.17) is 23.2 Å². The molecule has 1 fully saturated rings. The Morgan fingerprint density at radius 3 is 2.26 bits per heavy atom. The minimum atomic E-state index is 0. The summed E-state index contributed by atoms with van der Waals surface area (Å²) in [6.45, 7) is 8.34. The minimum absolute atomic E-state index is 0. The van der Waals surface area contributed by atoms with Crippen molar-refractivity contribution in [3.05, 3.63) is 27.7 Å². The van der Waals surface area contributed by atoms with Crippen LogP contribution in [0.2, 0.25) is 10.0 Å². The highest BCUT2D eigenvalue weighted by atomic mass is 35.5. The molecule has 134 valence electrons. The van der Waals surface area contributed by atoms with E-state index in [9.17, 15) is 5.11 Å². The summed E-state index contributed by atoms with van der Waals surface area (Å²) >= 11 is 12.3. The average molecular weight is 404 g/mol. The number of aromatic hydroxyl groups is 1. The van der Waals surface area contributed by atoms with E-state index in [1.807, 2.05) is 0 Å². The van der Waals surface area contributed by atoms with Gasteiger partial charge in [-0.1, -0.05) is 37.0 Å². The number of hydrogen-bond acceptors (Lipinski definition) is 3. The molecule has 0 saturated carbocycles. The summed E-state index contributed by atoms with van der Waals surface area (Å²) in [5.74, 6) is 0.837. The van der Waals surface area contributed by atoms with E-state index in [0.717, 1.165) is 44.6 Å². The Hall–Kier alpha value is 0.1000. The summed E-state index contributed by atoms with van der Waals surface area (Å²) in [4.78, 5) is 2.41. The molecule has 1 atom stereocenters. The van der Waals surface area contributed by atoms with E-state index < -0.39 is 0 Å². The third-order valence-electron chi connectivity index (χ3n) is 4.02. The van der Waals surface area contributed by atoms with Gasteiger partial charge in [0, 0.05) is 42.8 Å². The number of piperazine rings is 1. The second-order valence-electron chi connectivity index (χ2n) is 6.09. The molecule has 2 rings (SSSR count). The fourth-order valence-corrected chi connectivity index (χ4v) is 3.50. The highest BCUT2D eigenvalue weighted by Gasteiger charge is 2.26. The molecule has 7 heteroatoms. The third kappa shape index (κ3) is 6.49. The molecular formula is C16H26Cl4N2O. The van der Waals surface area contributed by atoms with E-state index >= 15 is 0 Å². The Morgan fingerprint density at radius 1 is 1.13 bits per heavy atom. The van der Waals surface area contributed by atoms with Gasteiger partial charge in [-0.15, -0.1) is 24.8 Å². The molecule has 0 bridgehead atoms. The number of nitrogens with one attached hydrogen (secondary N) is 1. The molecule has 23 heavy (non-hydrogen) atoms. The van der Waals surface area contributed by atoms with Gasteiger partial charge >= 0.3 is 0 Å². The van der Waals surface area contributed by atoms with Gasteiger partial charge in [0.05, 0.1) is 5.02 Å². The van der Waals surface area contributed by atoms with Crippen LogP contribution in [0, 0.1) is 5.92 Å². The van der Waals surface area contributed by atoms with Gasteiger partial charge in [0.2, 0.25) is 0 Å². The molecule has 1 aliphatic heterocycles. The summed E-state index contributed by atoms with van der Waals surface area (Å²) in [5, 5.41) is 14.7. The molecule has 1 aliphatic rings. The van der Waals surface area contributed by atoms with Crippen molar-refractivity contribution in [1.82, 2.24) is 10.2 Å². The van der Waals surface area contributed by atoms with Gasteiger partial charge in [0.1, 0.15) is 5.75 Å². The molecular weight excluding hydrogens is 378 g/mol. The fraction of sp³-hybridized carbons (Fsp3) is 0.625. The number of phenols is 1. The largest absolute Gasteiger partial charge is 0.508 e. The lowest BCUT2D eigenvalue weighted by Gasteiger charge is -2.36. The Labute approximate surface area is 161 Å². The van der Waals surface area contributed by atoms with Crippen molar-refractivity contribution in [2.24, 2.45) is 5.92 Å². The number of phenolic OH excluding ortho intramolecular Hbond substituents is 1. The van der Waals surface area contributed by atoms with Crippen molar-refractivity contribution in [1.29, 1.82) is 0 Å². The van der Waals surface area contributed by atoms with Crippen LogP contribution in [-0.2, 0) is 0 Å². The molecule has 1 heterocycles. The molecule has 3 nitrogen and oxygen atoms in total. The van der Waals surface area contributed by atoms with Crippen molar-refractivity contribution in [3.8, 4) is 5.75 Å². The van der Waals surface area contributed by atoms with Gasteiger partial charge in [0.15, 0.2) is 0 Å². The standard InChI is InChI=1S/C16H24Cl2N2O.2ClH/c1-11(2)3-4-14(20-7-5-19-6-8-20)16-13(18)9-12(17)10-15(16)21;;/h9-11,14,19,21H,3-8H2,1-2H3;2*1H/t14-;;/m0../s1. The molecule has 1 aromatic rings. The number of nitrogens with zero attached hydrogens (tertiary/aromatic N) is 1. The van der Waals surface area contributed by atoms with Crippen molar-refractivity contribution in [3.63, 3.8) is 0 Å². The quantitative estimate of drug-likeness (QED) is 0.731. The summed E-state index contributed by atoms with van der Waals surface area (Å²) in [6, 6.07) is 3.47. The third-order valence-corrected chi connectivity index (χ3v) is 4.55. The first-order valence-electron chi connectivity index (χ1n) is 7.61. The van der Waals surface area contributed by atoms with Gasteiger partial charge in [0.25, 0.3) is 0 Å². The Bertz CT molecular complexity index is 456. The van der Waals surface area contributed by atoms with Gasteiger partial charge in [-0.2, -0.15) is 0 Å². The van der Waals surface area contributed by atoms with Gasteiger partial charge in [-0.3, -0.25) is 4.90 Å². The van der Waals surface area contributed by atoms with E-state index in [1.54, 1.807) is 12.1 Å². The zero-order valence-corrected chi connectivity index (χ0v) is 16.7. The zero-order chi connectivity index (χ0) is 15.4. The number of rotatable bonds is 5. The predicted molar refractivity (Wildman–Crippen MR) is 104 cm³/mol. The van der Waals surface area contributed by atoms with Crippen molar-refractivity contribution in [2.45, 2.75) is 32.7 Å². The first-order valence-corrected chi connectivity index (χ1v) is 8.37. The molecule has 0 aliphatic carbocycles. The first-order chi connectivity index (χ1) is 9.99. The smallest absolute Gasteiger partial charge is 0.123 e. The van der Waals surface area contributed by atoms with Crippen LogP contribution >= 0.6 is 48.0 Å². The predicted octanol–water partition coefficient (Wildman–Crippen LogP) is 4.93. The van der Waals surface area contributed by atoms with Crippen LogP contribution in [-0.4, -0.2) is 36.2 Å². The lowest BCUT2D eigenvalue weighted by molar-refractivity contribution is 0.157. The number of hydrogen-bond donors (Lipinski definition) is 2. The maximum absolute atomic E-state index is 10.3. The van der Waals surface area contributed by atoms with Gasteiger partial charge in [-0.05, 0) is 30.9 Å². The summed E-state index contributed by atoms with van der Waals surface area (Å²) in [7, 11) is 0. The van der Waals surface area contributed by atoms with Crippen LogP contribution in [0.5, 0.6) is 5.75 Å². The van der Waals surface area contributed by atoms with Crippen molar-refractivity contribution >= 4 is 48.0 Å². The maximum atomic E-state index is 10.3. The topological polar surface area (TPSA) is 35.5 Å². The maximum Gasteiger partial charge on any atom is 0.123 e. The molecule has 0 amide bonds. The molecule has 2 N–H and O–H groups in total. The zero-order valence-electron chi connectivity index (χ0n) is 13.5. The second kappa shape index (κ2) is 10.9. The number of benzene rings is 1. The molecule has 0 unspecified atom stereocenters. The van der Waals surface area contributed by atoms with Crippen LogP contribution in [0.15, 0.2) is 12.1 Å². The number of halogens is 4. The fourth-order valence-electron chi connectivity index (χ4n) is 2.90. The Kier molecular flexibility index (Phi) is 10.9. The van der Waals surface area contributed by atoms with Gasteiger partial charge in [-0.25, -0.2) is 0 Å². The van der Waals surface area contributed by atoms with Crippen LogP contribution in [0.1, 0.15) is 38.3 Å². The van der Waals surface area contributed by atoms with Crippen LogP contribution in [0.25, 0.3) is 0 Å². The van der Waals surface area contributed by atoms with Crippen LogP contribution in [0.4, 0.5) is 0 Å². The summed E-state index contributed by atoms with van der Waals surface area (Å²) in [5.41, 5.74) is 0.823. The van der Waals surface area contributed by atoms with E-state index in [0.29, 0.717) is 16.0 Å². The van der Waals surface area contributed by atoms with E-state index in [1.165, 1.54) is 0 Å². The Balaban J connectivity index is 0.00000242. The van der Waals surface area contributed by atoms with Crippen LogP contribution in [0.3, 0.4) is 0 Å². The normalized spacial score (nSPS) is 16.6. The first kappa shape index (κ1) is 23.1. The van der Waals surface area contributed by atoms with Crippen molar-refractivity contribution < 1.29 is 5.11 Å². The highest BCUT2D eigenvalue weighted by molar-refractivity contribution is 6.35. The second-order valence-corrected chi connectivity index (χ2v) is 6.94. The molecule has 1 saturated heterocycles. The molecule has 0 spiro atoms. The van der Waals surface area contributed by atoms with Gasteiger partial charge < -0.3 is 10.4 Å². The summed E-state index contributed by atoms with van der Waals surface area (Å²) < 4.78 is 0. The Morgan fingerprint density at radius 2 is 1.74 bits per heavy atom. The van der Waals surface area contributed by atoms with E-state index in [-0.39, 0.29) is 36.6 Å². The minimum Gasteiger partial charge on any atom is -0.508 e. The highest BCUT2D eigenvalue weighted by Crippen LogP contribution is 2.40. The molecule has 0 aromatic heterocycles. The van der Waals surface area contributed by atoms with Crippen molar-refractivity contribution in [2.75, 3.05) is 26.2 Å². The van der Waals surface area contributed by atoms with Crippen LogP contribution < -0.4 is 5.32 Å². The molecule has 0 radical (unpaired) electrons. The molecule has 1 aromatic carbocycles. The summed E-state index contributed by atoms with van der Waals surface area (Å²) in [6.07, 6.45) is 2.10. The van der Waals surface area contributed by atoms with E-state index in [2.05, 4.69) is 24.1 Å². The lowest BCUT2D eigenvalue weighted by atomic mass is 9.95. The monoisotopic (exact) mass is 402 g/mol. The SMILES string of the molecule is CC(C)CC[C@@H](c1c(O)cc(Cl)cc1Cl)N1CCNCC1.Cl.Cl. The average Bonchev–Trinajstić information content (AvgIpc) is 2.42.